The van der Waals surface area contributed by atoms with Crippen LogP contribution in [0.2, 0.25) is 0 Å². The van der Waals surface area contributed by atoms with Gasteiger partial charge in [0.15, 0.2) is 5.58 Å². The summed E-state index contributed by atoms with van der Waals surface area (Å²) < 4.78 is 12.7. The molecule has 8 heteroatoms. The molecular formula is C20H23N5O3. The van der Waals surface area contributed by atoms with E-state index in [2.05, 4.69) is 32.9 Å². The van der Waals surface area contributed by atoms with Crippen molar-refractivity contribution in [2.45, 2.75) is 32.4 Å². The van der Waals surface area contributed by atoms with Crippen LogP contribution in [0.4, 0.5) is 10.6 Å². The topological polar surface area (TPSA) is 94.2 Å². The van der Waals surface area contributed by atoms with Crippen molar-refractivity contribution in [3.05, 3.63) is 48.5 Å². The number of hydrogen-bond donors (Lipinski definition) is 2. The van der Waals surface area contributed by atoms with Gasteiger partial charge >= 0.3 is 6.03 Å². The van der Waals surface area contributed by atoms with Crippen LogP contribution in [0.15, 0.2) is 47.0 Å². The normalized spacial score (nSPS) is 16.2. The Balaban J connectivity index is 1.33. The second-order valence-electron chi connectivity index (χ2n) is 6.80. The lowest BCUT2D eigenvalue weighted by Crippen LogP contribution is -2.29. The lowest BCUT2D eigenvalue weighted by atomic mass is 9.94. The first-order chi connectivity index (χ1) is 13.7. The molecule has 2 aromatic heterocycles. The van der Waals surface area contributed by atoms with E-state index in [9.17, 15) is 4.79 Å². The van der Waals surface area contributed by atoms with Crippen LogP contribution in [0.3, 0.4) is 0 Å². The molecule has 146 valence electrons. The van der Waals surface area contributed by atoms with E-state index in [1.807, 2.05) is 4.68 Å². The molecular weight excluding hydrogens is 358 g/mol. The van der Waals surface area contributed by atoms with Crippen LogP contribution >= 0.6 is 0 Å². The minimum atomic E-state index is -0.329. The highest BCUT2D eigenvalue weighted by molar-refractivity contribution is 5.88. The molecule has 0 unspecified atom stereocenters. The molecule has 1 atom stereocenters. The number of nitrogens with zero attached hydrogens (tertiary/aromatic N) is 3. The summed E-state index contributed by atoms with van der Waals surface area (Å²) in [5.41, 5.74) is 1.34. The molecule has 2 amide bonds. The number of oxazole rings is 1. The van der Waals surface area contributed by atoms with E-state index in [0.717, 1.165) is 25.8 Å². The van der Waals surface area contributed by atoms with Gasteiger partial charge in [0.05, 0.1) is 19.9 Å². The number of methoxy groups -OCH3 is 1. The van der Waals surface area contributed by atoms with Crippen molar-refractivity contribution >= 4 is 22.9 Å². The summed E-state index contributed by atoms with van der Waals surface area (Å²) in [6.45, 7) is 0.976. The van der Waals surface area contributed by atoms with Crippen molar-refractivity contribution < 1.29 is 13.9 Å². The molecule has 0 radical (unpaired) electrons. The Morgan fingerprint density at radius 2 is 2.29 bits per heavy atom. The molecule has 0 saturated carbocycles. The van der Waals surface area contributed by atoms with E-state index < -0.39 is 0 Å². The fourth-order valence-corrected chi connectivity index (χ4v) is 3.32. The van der Waals surface area contributed by atoms with Crippen molar-refractivity contribution in [1.82, 2.24) is 20.1 Å². The molecule has 1 aliphatic rings. The molecule has 3 aromatic rings. The lowest BCUT2D eigenvalue weighted by molar-refractivity contribution is 0.250. The number of urea groups is 1. The quantitative estimate of drug-likeness (QED) is 0.635. The summed E-state index contributed by atoms with van der Waals surface area (Å²) in [4.78, 5) is 16.7. The van der Waals surface area contributed by atoms with Crippen molar-refractivity contribution in [2.24, 2.45) is 5.92 Å². The van der Waals surface area contributed by atoms with Crippen molar-refractivity contribution in [2.75, 3.05) is 12.4 Å². The zero-order valence-corrected chi connectivity index (χ0v) is 15.7. The fourth-order valence-electron chi connectivity index (χ4n) is 3.32. The summed E-state index contributed by atoms with van der Waals surface area (Å²) in [6, 6.07) is 6.86. The van der Waals surface area contributed by atoms with Gasteiger partial charge in [0.25, 0.3) is 0 Å². The number of carbonyl (C=O) groups excluding carboxylic acids is 1. The Bertz CT molecular complexity index is 991. The maximum atomic E-state index is 12.3. The molecule has 8 nitrogen and oxygen atoms in total. The minimum absolute atomic E-state index is 0.185. The maximum absolute atomic E-state index is 12.3. The molecule has 0 aliphatic heterocycles. The Morgan fingerprint density at radius 1 is 1.36 bits per heavy atom. The zero-order valence-electron chi connectivity index (χ0n) is 15.7. The number of carbonyl (C=O) groups is 1. The van der Waals surface area contributed by atoms with E-state index in [-0.39, 0.29) is 12.6 Å². The lowest BCUT2D eigenvalue weighted by Gasteiger charge is -2.19. The van der Waals surface area contributed by atoms with Crippen molar-refractivity contribution in [1.29, 1.82) is 0 Å². The molecule has 1 aromatic carbocycles. The number of hydrogen-bond acceptors (Lipinski definition) is 5. The third kappa shape index (κ3) is 4.16. The Kier molecular flexibility index (Phi) is 5.27. The molecule has 1 aliphatic carbocycles. The summed E-state index contributed by atoms with van der Waals surface area (Å²) in [5, 5.41) is 9.95. The van der Waals surface area contributed by atoms with Gasteiger partial charge in [0.2, 0.25) is 5.89 Å². The highest BCUT2D eigenvalue weighted by Crippen LogP contribution is 2.22. The van der Waals surface area contributed by atoms with E-state index in [4.69, 9.17) is 9.15 Å². The monoisotopic (exact) mass is 381 g/mol. The average molecular weight is 381 g/mol. The SMILES string of the molecule is COc1ccc2oc(CNC(=O)Nc3ccnn3C[C@@H]3CC=CCC3)nc2c1. The van der Waals surface area contributed by atoms with Gasteiger partial charge in [-0.1, -0.05) is 12.2 Å². The second-order valence-corrected chi connectivity index (χ2v) is 6.80. The molecule has 0 fully saturated rings. The molecule has 28 heavy (non-hydrogen) atoms. The van der Waals surface area contributed by atoms with Gasteiger partial charge < -0.3 is 14.5 Å². The van der Waals surface area contributed by atoms with Gasteiger partial charge in [-0.2, -0.15) is 5.10 Å². The highest BCUT2D eigenvalue weighted by atomic mass is 16.5. The van der Waals surface area contributed by atoms with Gasteiger partial charge in [-0.3, -0.25) is 5.32 Å². The number of nitrogens with one attached hydrogen (secondary N) is 2. The smallest absolute Gasteiger partial charge is 0.320 e. The van der Waals surface area contributed by atoms with Crippen LogP contribution in [0.5, 0.6) is 5.75 Å². The Hall–Kier alpha value is -3.29. The first-order valence-electron chi connectivity index (χ1n) is 9.36. The zero-order chi connectivity index (χ0) is 19.3. The summed E-state index contributed by atoms with van der Waals surface area (Å²) in [6.07, 6.45) is 9.42. The van der Waals surface area contributed by atoms with Crippen molar-refractivity contribution in [3.63, 3.8) is 0 Å². The molecule has 0 saturated heterocycles. The standard InChI is InChI=1S/C20H23N5O3/c1-27-15-7-8-17-16(11-15)23-19(28-17)12-21-20(26)24-18-9-10-22-25(18)13-14-5-3-2-4-6-14/h2-3,7-11,14H,4-6,12-13H2,1H3,(H2,21,24,26)/t14-/m1/s1. The first-order valence-corrected chi connectivity index (χ1v) is 9.36. The van der Waals surface area contributed by atoms with Crippen LogP contribution in [-0.2, 0) is 13.1 Å². The number of fused-ring (bicyclic) bond motifs is 1. The third-order valence-electron chi connectivity index (χ3n) is 4.81. The van der Waals surface area contributed by atoms with Gasteiger partial charge in [-0.15, -0.1) is 0 Å². The van der Waals surface area contributed by atoms with Crippen LogP contribution in [-0.4, -0.2) is 27.9 Å². The molecule has 0 bridgehead atoms. The third-order valence-corrected chi connectivity index (χ3v) is 4.81. The molecule has 2 heterocycles. The summed E-state index contributed by atoms with van der Waals surface area (Å²) in [5.74, 6) is 2.36. The Labute approximate surface area is 162 Å². The number of amides is 2. The number of allylic oxidation sites excluding steroid dienone is 2. The minimum Gasteiger partial charge on any atom is -0.497 e. The predicted molar refractivity (Wildman–Crippen MR) is 105 cm³/mol. The van der Waals surface area contributed by atoms with Crippen LogP contribution in [0, 0.1) is 5.92 Å². The van der Waals surface area contributed by atoms with Gasteiger partial charge in [-0.05, 0) is 37.3 Å². The van der Waals surface area contributed by atoms with Gasteiger partial charge in [0, 0.05) is 18.7 Å². The van der Waals surface area contributed by atoms with Crippen LogP contribution in [0.1, 0.15) is 25.2 Å². The summed E-state index contributed by atoms with van der Waals surface area (Å²) in [7, 11) is 1.60. The predicted octanol–water partition coefficient (Wildman–Crippen LogP) is 3.71. The number of ether oxygens (including phenoxy) is 1. The Morgan fingerprint density at radius 3 is 3.11 bits per heavy atom. The number of rotatable bonds is 6. The van der Waals surface area contributed by atoms with Crippen molar-refractivity contribution in [3.8, 4) is 5.75 Å². The number of aromatic nitrogens is 3. The first kappa shape index (κ1) is 18.1. The van der Waals surface area contributed by atoms with E-state index >= 15 is 0 Å². The summed E-state index contributed by atoms with van der Waals surface area (Å²) >= 11 is 0. The second kappa shape index (κ2) is 8.16. The fraction of sp³-hybridized carbons (Fsp3) is 0.350. The van der Waals surface area contributed by atoms with Crippen LogP contribution in [0.25, 0.3) is 11.1 Å². The molecule has 2 N–H and O–H groups in total. The number of benzene rings is 1. The maximum Gasteiger partial charge on any atom is 0.320 e. The van der Waals surface area contributed by atoms with E-state index in [1.165, 1.54) is 0 Å². The average Bonchev–Trinajstić information content (AvgIpc) is 3.33. The van der Waals surface area contributed by atoms with Gasteiger partial charge in [0.1, 0.15) is 17.1 Å². The highest BCUT2D eigenvalue weighted by Gasteiger charge is 2.15. The van der Waals surface area contributed by atoms with Gasteiger partial charge in [-0.25, -0.2) is 14.5 Å². The molecule has 4 rings (SSSR count). The number of anilines is 1. The van der Waals surface area contributed by atoms with Crippen LogP contribution < -0.4 is 15.4 Å². The van der Waals surface area contributed by atoms with E-state index in [0.29, 0.717) is 34.5 Å². The van der Waals surface area contributed by atoms with E-state index in [1.54, 1.807) is 37.6 Å². The molecule has 0 spiro atoms. The largest absolute Gasteiger partial charge is 0.497 e.